The highest BCUT2D eigenvalue weighted by atomic mass is 19.1. The van der Waals surface area contributed by atoms with Crippen molar-refractivity contribution in [3.05, 3.63) is 70.8 Å². The number of benzene rings is 2. The summed E-state index contributed by atoms with van der Waals surface area (Å²) in [6.45, 7) is 1.88. The van der Waals surface area contributed by atoms with Gasteiger partial charge in [0.2, 0.25) is 0 Å². The van der Waals surface area contributed by atoms with Crippen LogP contribution in [0.15, 0.2) is 48.5 Å². The molecule has 2 aromatic rings. The van der Waals surface area contributed by atoms with Crippen molar-refractivity contribution in [2.45, 2.75) is 50.9 Å². The van der Waals surface area contributed by atoms with Crippen LogP contribution in [0.25, 0.3) is 0 Å². The fourth-order valence-corrected chi connectivity index (χ4v) is 3.66. The van der Waals surface area contributed by atoms with Gasteiger partial charge < -0.3 is 0 Å². The Morgan fingerprint density at radius 3 is 1.68 bits per heavy atom. The maximum Gasteiger partial charge on any atom is 0.0934 e. The quantitative estimate of drug-likeness (QED) is 0.654. The van der Waals surface area contributed by atoms with Crippen molar-refractivity contribution in [3.8, 4) is 0 Å². The second-order valence-electron chi connectivity index (χ2n) is 6.64. The van der Waals surface area contributed by atoms with E-state index in [1.807, 2.05) is 0 Å². The van der Waals surface area contributed by atoms with Crippen molar-refractivity contribution in [2.24, 2.45) is 0 Å². The van der Waals surface area contributed by atoms with Gasteiger partial charge in [0, 0.05) is 6.42 Å². The van der Waals surface area contributed by atoms with Crippen LogP contribution < -0.4 is 0 Å². The first kappa shape index (κ1) is 15.3. The van der Waals surface area contributed by atoms with Crippen molar-refractivity contribution in [1.82, 2.24) is 0 Å². The Kier molecular flexibility index (Phi) is 4.92. The van der Waals surface area contributed by atoms with Crippen LogP contribution in [0, 0.1) is 6.92 Å². The van der Waals surface area contributed by atoms with E-state index >= 15 is 0 Å². The maximum atomic E-state index is 12.4. The van der Waals surface area contributed by atoms with Gasteiger partial charge in [0.1, 0.15) is 0 Å². The summed E-state index contributed by atoms with van der Waals surface area (Å²) in [5, 5.41) is 0. The van der Waals surface area contributed by atoms with Gasteiger partial charge in [-0.15, -0.1) is 0 Å². The van der Waals surface area contributed by atoms with E-state index in [1.165, 1.54) is 42.4 Å². The van der Waals surface area contributed by atoms with E-state index in [4.69, 9.17) is 0 Å². The van der Waals surface area contributed by atoms with Gasteiger partial charge in [-0.3, -0.25) is 4.39 Å². The third kappa shape index (κ3) is 3.58. The molecule has 1 aliphatic rings. The highest BCUT2D eigenvalue weighted by Crippen LogP contribution is 2.40. The Balaban J connectivity index is 1.60. The molecule has 1 heteroatoms. The second-order valence-corrected chi connectivity index (χ2v) is 6.64. The molecule has 0 heterocycles. The summed E-state index contributed by atoms with van der Waals surface area (Å²) >= 11 is 0. The largest absolute Gasteiger partial charge is 0.251 e. The van der Waals surface area contributed by atoms with Crippen LogP contribution in [-0.2, 0) is 6.42 Å². The first-order chi connectivity index (χ1) is 10.8. The zero-order valence-electron chi connectivity index (χ0n) is 13.4. The van der Waals surface area contributed by atoms with E-state index < -0.39 is 0 Å². The summed E-state index contributed by atoms with van der Waals surface area (Å²) in [5.41, 5.74) is 5.39. The van der Waals surface area contributed by atoms with Crippen molar-refractivity contribution >= 4 is 0 Å². The van der Waals surface area contributed by atoms with E-state index in [-0.39, 0.29) is 6.67 Å². The Morgan fingerprint density at radius 2 is 1.23 bits per heavy atom. The molecule has 1 aliphatic carbocycles. The minimum atomic E-state index is -0.263. The number of halogens is 1. The van der Waals surface area contributed by atoms with Gasteiger partial charge in [-0.2, -0.15) is 0 Å². The first-order valence-electron chi connectivity index (χ1n) is 8.47. The van der Waals surface area contributed by atoms with Gasteiger partial charge in [0.25, 0.3) is 0 Å². The third-order valence-electron chi connectivity index (χ3n) is 5.11. The number of rotatable bonds is 4. The van der Waals surface area contributed by atoms with Crippen LogP contribution in [0.3, 0.4) is 0 Å². The number of hydrogen-bond acceptors (Lipinski definition) is 0. The fourth-order valence-electron chi connectivity index (χ4n) is 3.66. The van der Waals surface area contributed by atoms with Crippen LogP contribution in [0.5, 0.6) is 0 Å². The molecule has 0 unspecified atom stereocenters. The molecule has 2 aromatic carbocycles. The standard InChI is InChI=1S/C21H25F/c1-16-2-6-18(7-3-16)20-10-12-21(13-11-20)19-8-4-17(5-9-19)14-15-22/h2-9,20-21H,10-15H2,1H3. The van der Waals surface area contributed by atoms with Crippen LogP contribution in [-0.4, -0.2) is 6.67 Å². The van der Waals surface area contributed by atoms with Crippen LogP contribution >= 0.6 is 0 Å². The highest BCUT2D eigenvalue weighted by molar-refractivity contribution is 5.28. The Bertz CT molecular complexity index is 574. The summed E-state index contributed by atoms with van der Waals surface area (Å²) in [6.07, 6.45) is 5.63. The lowest BCUT2D eigenvalue weighted by Gasteiger charge is -2.29. The predicted molar refractivity (Wildman–Crippen MR) is 91.3 cm³/mol. The Morgan fingerprint density at radius 1 is 0.773 bits per heavy atom. The predicted octanol–water partition coefficient (Wildman–Crippen LogP) is 5.95. The van der Waals surface area contributed by atoms with Gasteiger partial charge in [-0.25, -0.2) is 0 Å². The number of aryl methyl sites for hydroxylation is 2. The van der Waals surface area contributed by atoms with Gasteiger partial charge >= 0.3 is 0 Å². The fraction of sp³-hybridized carbons (Fsp3) is 0.429. The molecule has 3 rings (SSSR count). The van der Waals surface area contributed by atoms with E-state index in [9.17, 15) is 4.39 Å². The number of alkyl halides is 1. The molecular formula is C21H25F. The van der Waals surface area contributed by atoms with Gasteiger partial charge in [-0.05, 0) is 61.1 Å². The lowest BCUT2D eigenvalue weighted by molar-refractivity contribution is 0.396. The van der Waals surface area contributed by atoms with Crippen LogP contribution in [0.2, 0.25) is 0 Å². The zero-order chi connectivity index (χ0) is 15.4. The summed E-state index contributed by atoms with van der Waals surface area (Å²) in [6, 6.07) is 17.7. The monoisotopic (exact) mass is 296 g/mol. The smallest absolute Gasteiger partial charge is 0.0934 e. The summed E-state index contributed by atoms with van der Waals surface area (Å²) < 4.78 is 12.4. The molecule has 0 bridgehead atoms. The SMILES string of the molecule is Cc1ccc(C2CCC(c3ccc(CCF)cc3)CC2)cc1. The molecule has 1 saturated carbocycles. The van der Waals surface area contributed by atoms with E-state index in [0.29, 0.717) is 12.3 Å². The molecule has 1 fully saturated rings. The lowest BCUT2D eigenvalue weighted by atomic mass is 9.76. The number of hydrogen-bond donors (Lipinski definition) is 0. The van der Waals surface area contributed by atoms with Crippen molar-refractivity contribution in [3.63, 3.8) is 0 Å². The van der Waals surface area contributed by atoms with E-state index in [0.717, 1.165) is 11.5 Å². The van der Waals surface area contributed by atoms with Gasteiger partial charge in [0.05, 0.1) is 6.67 Å². The molecule has 0 saturated heterocycles. The molecule has 0 radical (unpaired) electrons. The molecule has 0 atom stereocenters. The summed E-state index contributed by atoms with van der Waals surface area (Å²) in [7, 11) is 0. The van der Waals surface area contributed by atoms with Crippen LogP contribution in [0.4, 0.5) is 4.39 Å². The molecule has 0 amide bonds. The normalized spacial score (nSPS) is 21.7. The molecule has 0 aromatic heterocycles. The van der Waals surface area contributed by atoms with Crippen LogP contribution in [0.1, 0.15) is 59.8 Å². The summed E-state index contributed by atoms with van der Waals surface area (Å²) in [4.78, 5) is 0. The first-order valence-corrected chi connectivity index (χ1v) is 8.47. The second kappa shape index (κ2) is 7.09. The topological polar surface area (TPSA) is 0 Å². The summed E-state index contributed by atoms with van der Waals surface area (Å²) in [5.74, 6) is 1.41. The molecule has 0 aliphatic heterocycles. The van der Waals surface area contributed by atoms with E-state index in [1.54, 1.807) is 0 Å². The minimum Gasteiger partial charge on any atom is -0.251 e. The van der Waals surface area contributed by atoms with E-state index in [2.05, 4.69) is 55.5 Å². The van der Waals surface area contributed by atoms with Gasteiger partial charge in [-0.1, -0.05) is 54.1 Å². The van der Waals surface area contributed by atoms with Crippen molar-refractivity contribution in [2.75, 3.05) is 6.67 Å². The van der Waals surface area contributed by atoms with Gasteiger partial charge in [0.15, 0.2) is 0 Å². The average Bonchev–Trinajstić information content (AvgIpc) is 2.57. The molecule has 116 valence electrons. The molecular weight excluding hydrogens is 271 g/mol. The maximum absolute atomic E-state index is 12.4. The minimum absolute atomic E-state index is 0.263. The third-order valence-corrected chi connectivity index (χ3v) is 5.11. The zero-order valence-corrected chi connectivity index (χ0v) is 13.4. The Hall–Kier alpha value is -1.63. The highest BCUT2D eigenvalue weighted by Gasteiger charge is 2.23. The Labute approximate surface area is 133 Å². The lowest BCUT2D eigenvalue weighted by Crippen LogP contribution is -2.12. The average molecular weight is 296 g/mol. The molecule has 0 nitrogen and oxygen atoms in total. The van der Waals surface area contributed by atoms with Crippen molar-refractivity contribution < 1.29 is 4.39 Å². The molecule has 0 N–H and O–H groups in total. The van der Waals surface area contributed by atoms with Crippen molar-refractivity contribution in [1.29, 1.82) is 0 Å². The molecule has 22 heavy (non-hydrogen) atoms. The molecule has 0 spiro atoms.